The van der Waals surface area contributed by atoms with Crippen molar-refractivity contribution in [2.24, 2.45) is 5.92 Å². The topological polar surface area (TPSA) is 67.9 Å². The highest BCUT2D eigenvalue weighted by atomic mass is 16.6. The third-order valence-electron chi connectivity index (χ3n) is 4.06. The Morgan fingerprint density at radius 3 is 2.64 bits per heavy atom. The highest BCUT2D eigenvalue weighted by Crippen LogP contribution is 2.27. The van der Waals surface area contributed by atoms with E-state index in [1.165, 1.54) is 0 Å². The lowest BCUT2D eigenvalue weighted by atomic mass is 9.97. The zero-order valence-corrected chi connectivity index (χ0v) is 15.7. The van der Waals surface area contributed by atoms with Gasteiger partial charge in [0.05, 0.1) is 18.7 Å². The first kappa shape index (κ1) is 19.1. The number of methoxy groups -OCH3 is 1. The highest BCUT2D eigenvalue weighted by Gasteiger charge is 2.31. The largest absolute Gasteiger partial charge is 0.495 e. The summed E-state index contributed by atoms with van der Waals surface area (Å²) >= 11 is 0. The third-order valence-corrected chi connectivity index (χ3v) is 4.06. The van der Waals surface area contributed by atoms with Crippen LogP contribution < -0.4 is 10.1 Å². The van der Waals surface area contributed by atoms with Crippen molar-refractivity contribution in [3.8, 4) is 5.75 Å². The minimum Gasteiger partial charge on any atom is -0.495 e. The Hall–Kier alpha value is -2.24. The molecule has 25 heavy (non-hydrogen) atoms. The number of nitrogens with one attached hydrogen (secondary N) is 1. The molecule has 6 nitrogen and oxygen atoms in total. The second-order valence-electron chi connectivity index (χ2n) is 7.46. The summed E-state index contributed by atoms with van der Waals surface area (Å²) in [6.07, 6.45) is 1.17. The van der Waals surface area contributed by atoms with Crippen LogP contribution in [0.15, 0.2) is 18.2 Å². The van der Waals surface area contributed by atoms with Gasteiger partial charge in [-0.15, -0.1) is 0 Å². The fourth-order valence-corrected chi connectivity index (χ4v) is 2.84. The van der Waals surface area contributed by atoms with Crippen LogP contribution in [0.4, 0.5) is 10.5 Å². The predicted molar refractivity (Wildman–Crippen MR) is 96.9 cm³/mol. The number of likely N-dealkylation sites (tertiary alicyclic amines) is 1. The van der Waals surface area contributed by atoms with Gasteiger partial charge in [0.25, 0.3) is 0 Å². The minimum atomic E-state index is -0.540. The number of aryl methyl sites for hydroxylation is 1. The SMILES string of the molecule is COc1ccc(C)cc1NC(=O)[C@H]1CCCN(C(=O)OC(C)(C)C)C1. The number of piperidine rings is 1. The van der Waals surface area contributed by atoms with Gasteiger partial charge in [0, 0.05) is 13.1 Å². The average molecular weight is 348 g/mol. The van der Waals surface area contributed by atoms with E-state index in [-0.39, 0.29) is 17.9 Å². The van der Waals surface area contributed by atoms with Crippen molar-refractivity contribution in [2.45, 2.75) is 46.1 Å². The molecule has 1 aliphatic rings. The fraction of sp³-hybridized carbons (Fsp3) is 0.579. The molecule has 1 heterocycles. The molecular weight excluding hydrogens is 320 g/mol. The minimum absolute atomic E-state index is 0.0999. The molecule has 1 fully saturated rings. The van der Waals surface area contributed by atoms with E-state index >= 15 is 0 Å². The smallest absolute Gasteiger partial charge is 0.410 e. The summed E-state index contributed by atoms with van der Waals surface area (Å²) in [4.78, 5) is 26.5. The van der Waals surface area contributed by atoms with E-state index in [1.807, 2.05) is 45.9 Å². The predicted octanol–water partition coefficient (Wildman–Crippen LogP) is 3.59. The summed E-state index contributed by atoms with van der Waals surface area (Å²) in [5, 5.41) is 2.94. The molecule has 1 saturated heterocycles. The quantitative estimate of drug-likeness (QED) is 0.906. The lowest BCUT2D eigenvalue weighted by molar-refractivity contribution is -0.121. The van der Waals surface area contributed by atoms with Gasteiger partial charge >= 0.3 is 6.09 Å². The van der Waals surface area contributed by atoms with Crippen LogP contribution in [0.5, 0.6) is 5.75 Å². The molecule has 1 N–H and O–H groups in total. The Morgan fingerprint density at radius 1 is 1.28 bits per heavy atom. The summed E-state index contributed by atoms with van der Waals surface area (Å²) in [6, 6.07) is 5.64. The number of carbonyl (C=O) groups excluding carboxylic acids is 2. The van der Waals surface area contributed by atoms with Gasteiger partial charge in [-0.3, -0.25) is 4.79 Å². The van der Waals surface area contributed by atoms with E-state index in [0.29, 0.717) is 24.5 Å². The molecule has 0 saturated carbocycles. The number of ether oxygens (including phenoxy) is 2. The molecule has 6 heteroatoms. The molecule has 0 unspecified atom stereocenters. The van der Waals surface area contributed by atoms with E-state index in [9.17, 15) is 9.59 Å². The van der Waals surface area contributed by atoms with Gasteiger partial charge < -0.3 is 19.7 Å². The summed E-state index contributed by atoms with van der Waals surface area (Å²) in [5.74, 6) is 0.266. The van der Waals surface area contributed by atoms with E-state index in [4.69, 9.17) is 9.47 Å². The van der Waals surface area contributed by atoms with Crippen molar-refractivity contribution in [1.82, 2.24) is 4.90 Å². The van der Waals surface area contributed by atoms with Crippen molar-refractivity contribution >= 4 is 17.7 Å². The van der Waals surface area contributed by atoms with E-state index in [1.54, 1.807) is 12.0 Å². The maximum atomic E-state index is 12.7. The zero-order valence-electron chi connectivity index (χ0n) is 15.7. The van der Waals surface area contributed by atoms with Crippen LogP contribution in [-0.2, 0) is 9.53 Å². The maximum Gasteiger partial charge on any atom is 0.410 e. The van der Waals surface area contributed by atoms with Crippen LogP contribution >= 0.6 is 0 Å². The molecule has 0 radical (unpaired) electrons. The molecule has 0 aromatic heterocycles. The fourth-order valence-electron chi connectivity index (χ4n) is 2.84. The van der Waals surface area contributed by atoms with Crippen LogP contribution in [0, 0.1) is 12.8 Å². The van der Waals surface area contributed by atoms with Crippen LogP contribution in [0.3, 0.4) is 0 Å². The first-order valence-corrected chi connectivity index (χ1v) is 8.63. The van der Waals surface area contributed by atoms with Crippen molar-refractivity contribution in [1.29, 1.82) is 0 Å². The van der Waals surface area contributed by atoms with Crippen molar-refractivity contribution < 1.29 is 19.1 Å². The summed E-state index contributed by atoms with van der Waals surface area (Å²) in [7, 11) is 1.57. The van der Waals surface area contributed by atoms with Gasteiger partial charge in [-0.2, -0.15) is 0 Å². The number of rotatable bonds is 3. The summed E-state index contributed by atoms with van der Waals surface area (Å²) < 4.78 is 10.7. The molecular formula is C19H28N2O4. The standard InChI is InChI=1S/C19H28N2O4/c1-13-8-9-16(24-5)15(11-13)20-17(22)14-7-6-10-21(12-14)18(23)25-19(2,3)4/h8-9,11,14H,6-7,10,12H2,1-5H3,(H,20,22)/t14-/m0/s1. The summed E-state index contributed by atoms with van der Waals surface area (Å²) in [5.41, 5.74) is 1.15. The molecule has 2 rings (SSSR count). The Balaban J connectivity index is 2.02. The Morgan fingerprint density at radius 2 is 2.00 bits per heavy atom. The first-order valence-electron chi connectivity index (χ1n) is 8.63. The number of carbonyl (C=O) groups is 2. The molecule has 1 aromatic rings. The van der Waals surface area contributed by atoms with Crippen LogP contribution in [0.1, 0.15) is 39.2 Å². The van der Waals surface area contributed by atoms with Gasteiger partial charge in [-0.25, -0.2) is 4.79 Å². The number of benzene rings is 1. The molecule has 1 aromatic carbocycles. The lowest BCUT2D eigenvalue weighted by Gasteiger charge is -2.33. The first-order chi connectivity index (χ1) is 11.7. The Labute approximate surface area is 149 Å². The Bertz CT molecular complexity index is 637. The monoisotopic (exact) mass is 348 g/mol. The highest BCUT2D eigenvalue weighted by molar-refractivity contribution is 5.94. The van der Waals surface area contributed by atoms with E-state index < -0.39 is 5.60 Å². The third kappa shape index (κ3) is 5.37. The number of amides is 2. The van der Waals surface area contributed by atoms with Crippen LogP contribution in [0.2, 0.25) is 0 Å². The van der Waals surface area contributed by atoms with Gasteiger partial charge in [0.15, 0.2) is 0 Å². The van der Waals surface area contributed by atoms with Gasteiger partial charge in [-0.1, -0.05) is 6.07 Å². The van der Waals surface area contributed by atoms with Gasteiger partial charge in [0.1, 0.15) is 11.4 Å². The summed E-state index contributed by atoms with van der Waals surface area (Å²) in [6.45, 7) is 8.45. The zero-order chi connectivity index (χ0) is 18.6. The van der Waals surface area contributed by atoms with Crippen molar-refractivity contribution in [3.05, 3.63) is 23.8 Å². The number of anilines is 1. The van der Waals surface area contributed by atoms with Crippen LogP contribution in [0.25, 0.3) is 0 Å². The van der Waals surface area contributed by atoms with E-state index in [2.05, 4.69) is 5.32 Å². The lowest BCUT2D eigenvalue weighted by Crippen LogP contribution is -2.45. The molecule has 138 valence electrons. The number of hydrogen-bond donors (Lipinski definition) is 1. The van der Waals surface area contributed by atoms with Crippen molar-refractivity contribution in [3.63, 3.8) is 0 Å². The maximum absolute atomic E-state index is 12.7. The average Bonchev–Trinajstić information content (AvgIpc) is 2.53. The second kappa shape index (κ2) is 7.76. The molecule has 1 aliphatic heterocycles. The second-order valence-corrected chi connectivity index (χ2v) is 7.46. The molecule has 0 aliphatic carbocycles. The molecule has 0 bridgehead atoms. The number of hydrogen-bond acceptors (Lipinski definition) is 4. The number of nitrogens with zero attached hydrogens (tertiary/aromatic N) is 1. The van der Waals surface area contributed by atoms with Crippen molar-refractivity contribution in [2.75, 3.05) is 25.5 Å². The molecule has 1 atom stereocenters. The van der Waals surface area contributed by atoms with Gasteiger partial charge in [-0.05, 0) is 58.2 Å². The Kier molecular flexibility index (Phi) is 5.93. The molecule has 0 spiro atoms. The van der Waals surface area contributed by atoms with Gasteiger partial charge in [0.2, 0.25) is 5.91 Å². The van der Waals surface area contributed by atoms with Crippen LogP contribution in [-0.4, -0.2) is 42.7 Å². The normalized spacial score (nSPS) is 17.8. The molecule has 2 amide bonds. The van der Waals surface area contributed by atoms with E-state index in [0.717, 1.165) is 18.4 Å².